The molecule has 2 heterocycles. The number of hydrogen-bond acceptors (Lipinski definition) is 2. The SMILES string of the molecule is c1cn2nc(C3CCC3)ccc2n1. The van der Waals surface area contributed by atoms with Crippen LogP contribution in [0.3, 0.4) is 0 Å². The molecule has 1 saturated carbocycles. The van der Waals surface area contributed by atoms with Crippen LogP contribution in [-0.4, -0.2) is 14.6 Å². The minimum absolute atomic E-state index is 0.701. The van der Waals surface area contributed by atoms with Gasteiger partial charge in [0.25, 0.3) is 0 Å². The Balaban J connectivity index is 2.09. The molecule has 1 fully saturated rings. The number of nitrogens with zero attached hydrogens (tertiary/aromatic N) is 3. The fraction of sp³-hybridized carbons (Fsp3) is 0.400. The predicted octanol–water partition coefficient (Wildman–Crippen LogP) is 2.00. The molecule has 3 rings (SSSR count). The summed E-state index contributed by atoms with van der Waals surface area (Å²) in [4.78, 5) is 4.16. The highest BCUT2D eigenvalue weighted by molar-refractivity contribution is 5.36. The zero-order valence-corrected chi connectivity index (χ0v) is 7.35. The van der Waals surface area contributed by atoms with Gasteiger partial charge in [-0.25, -0.2) is 9.50 Å². The van der Waals surface area contributed by atoms with Gasteiger partial charge in [-0.15, -0.1) is 0 Å². The van der Waals surface area contributed by atoms with E-state index in [4.69, 9.17) is 0 Å². The van der Waals surface area contributed by atoms with Crippen LogP contribution in [0, 0.1) is 0 Å². The summed E-state index contributed by atoms with van der Waals surface area (Å²) in [5.41, 5.74) is 2.15. The van der Waals surface area contributed by atoms with Crippen molar-refractivity contribution in [2.75, 3.05) is 0 Å². The fourth-order valence-corrected chi connectivity index (χ4v) is 1.75. The van der Waals surface area contributed by atoms with Crippen molar-refractivity contribution in [3.63, 3.8) is 0 Å². The van der Waals surface area contributed by atoms with Gasteiger partial charge in [0.05, 0.1) is 5.69 Å². The highest BCUT2D eigenvalue weighted by Crippen LogP contribution is 2.34. The lowest BCUT2D eigenvalue weighted by molar-refractivity contribution is 0.407. The van der Waals surface area contributed by atoms with Crippen LogP contribution in [0.5, 0.6) is 0 Å². The topological polar surface area (TPSA) is 30.2 Å². The molecule has 2 aromatic rings. The van der Waals surface area contributed by atoms with Gasteiger partial charge in [-0.2, -0.15) is 5.10 Å². The third kappa shape index (κ3) is 1.03. The second-order valence-corrected chi connectivity index (χ2v) is 3.62. The number of aromatic nitrogens is 3. The molecule has 3 nitrogen and oxygen atoms in total. The average molecular weight is 173 g/mol. The minimum Gasteiger partial charge on any atom is -0.236 e. The molecular weight excluding hydrogens is 162 g/mol. The van der Waals surface area contributed by atoms with Crippen molar-refractivity contribution >= 4 is 5.65 Å². The fourth-order valence-electron chi connectivity index (χ4n) is 1.75. The Morgan fingerprint density at radius 1 is 1.31 bits per heavy atom. The van der Waals surface area contributed by atoms with Gasteiger partial charge in [-0.3, -0.25) is 0 Å². The Hall–Kier alpha value is -1.38. The molecule has 0 aromatic carbocycles. The molecule has 2 aromatic heterocycles. The molecule has 13 heavy (non-hydrogen) atoms. The summed E-state index contributed by atoms with van der Waals surface area (Å²) in [7, 11) is 0. The van der Waals surface area contributed by atoms with Gasteiger partial charge in [0.15, 0.2) is 5.65 Å². The molecule has 3 heteroatoms. The Kier molecular flexibility index (Phi) is 1.39. The van der Waals surface area contributed by atoms with Crippen LogP contribution in [0.2, 0.25) is 0 Å². The third-order valence-electron chi connectivity index (χ3n) is 2.80. The number of imidazole rings is 1. The zero-order valence-electron chi connectivity index (χ0n) is 7.35. The van der Waals surface area contributed by atoms with Gasteiger partial charge in [-0.05, 0) is 25.0 Å². The average Bonchev–Trinajstić information content (AvgIpc) is 2.47. The van der Waals surface area contributed by atoms with Crippen molar-refractivity contribution in [2.45, 2.75) is 25.2 Å². The Labute approximate surface area is 76.4 Å². The summed E-state index contributed by atoms with van der Waals surface area (Å²) >= 11 is 0. The van der Waals surface area contributed by atoms with Crippen LogP contribution in [0.15, 0.2) is 24.5 Å². The van der Waals surface area contributed by atoms with Crippen molar-refractivity contribution in [2.24, 2.45) is 0 Å². The molecule has 0 bridgehead atoms. The Morgan fingerprint density at radius 2 is 2.23 bits per heavy atom. The van der Waals surface area contributed by atoms with E-state index >= 15 is 0 Å². The number of fused-ring (bicyclic) bond motifs is 1. The molecule has 1 aliphatic carbocycles. The van der Waals surface area contributed by atoms with Crippen molar-refractivity contribution in [3.8, 4) is 0 Å². The van der Waals surface area contributed by atoms with Crippen molar-refractivity contribution in [1.82, 2.24) is 14.6 Å². The third-order valence-corrected chi connectivity index (χ3v) is 2.80. The summed E-state index contributed by atoms with van der Waals surface area (Å²) in [6, 6.07) is 4.15. The molecule has 0 radical (unpaired) electrons. The zero-order chi connectivity index (χ0) is 8.67. The Morgan fingerprint density at radius 3 is 3.00 bits per heavy atom. The van der Waals surface area contributed by atoms with Crippen LogP contribution in [-0.2, 0) is 0 Å². The molecule has 1 aliphatic rings. The number of hydrogen-bond donors (Lipinski definition) is 0. The first-order valence-electron chi connectivity index (χ1n) is 4.74. The summed E-state index contributed by atoms with van der Waals surface area (Å²) in [6.07, 6.45) is 7.64. The smallest absolute Gasteiger partial charge is 0.153 e. The maximum absolute atomic E-state index is 4.51. The van der Waals surface area contributed by atoms with Gasteiger partial charge >= 0.3 is 0 Å². The number of rotatable bonds is 1. The quantitative estimate of drug-likeness (QED) is 0.660. The largest absolute Gasteiger partial charge is 0.236 e. The van der Waals surface area contributed by atoms with Gasteiger partial charge in [0, 0.05) is 18.3 Å². The maximum Gasteiger partial charge on any atom is 0.153 e. The van der Waals surface area contributed by atoms with E-state index in [-0.39, 0.29) is 0 Å². The van der Waals surface area contributed by atoms with E-state index < -0.39 is 0 Å². The molecular formula is C10H11N3. The molecule has 0 amide bonds. The minimum atomic E-state index is 0.701. The van der Waals surface area contributed by atoms with Crippen molar-refractivity contribution in [3.05, 3.63) is 30.2 Å². The first-order valence-corrected chi connectivity index (χ1v) is 4.74. The van der Waals surface area contributed by atoms with E-state index in [0.717, 1.165) is 5.65 Å². The second-order valence-electron chi connectivity index (χ2n) is 3.62. The van der Waals surface area contributed by atoms with E-state index in [1.54, 1.807) is 6.20 Å². The summed E-state index contributed by atoms with van der Waals surface area (Å²) in [6.45, 7) is 0. The van der Waals surface area contributed by atoms with Crippen LogP contribution < -0.4 is 0 Å². The van der Waals surface area contributed by atoms with E-state index in [1.807, 2.05) is 16.8 Å². The van der Waals surface area contributed by atoms with Crippen LogP contribution in [0.25, 0.3) is 5.65 Å². The van der Waals surface area contributed by atoms with E-state index in [9.17, 15) is 0 Å². The lowest BCUT2D eigenvalue weighted by Crippen LogP contribution is -2.11. The summed E-state index contributed by atoms with van der Waals surface area (Å²) in [5, 5.41) is 4.51. The highest BCUT2D eigenvalue weighted by Gasteiger charge is 2.20. The first-order chi connectivity index (χ1) is 6.43. The lowest BCUT2D eigenvalue weighted by Gasteiger charge is -2.24. The normalized spacial score (nSPS) is 17.5. The molecule has 0 atom stereocenters. The van der Waals surface area contributed by atoms with Crippen LogP contribution in [0.1, 0.15) is 30.9 Å². The monoisotopic (exact) mass is 173 g/mol. The molecule has 0 aliphatic heterocycles. The first kappa shape index (κ1) is 7.06. The van der Waals surface area contributed by atoms with E-state index in [1.165, 1.54) is 25.0 Å². The van der Waals surface area contributed by atoms with E-state index in [0.29, 0.717) is 5.92 Å². The maximum atomic E-state index is 4.51. The van der Waals surface area contributed by atoms with Gasteiger partial charge in [0.2, 0.25) is 0 Å². The highest BCUT2D eigenvalue weighted by atomic mass is 15.2. The Bertz CT molecular complexity index is 428. The van der Waals surface area contributed by atoms with Crippen molar-refractivity contribution < 1.29 is 0 Å². The standard InChI is InChI=1S/C10H11N3/c1-2-8(3-1)9-4-5-10-11-6-7-13(10)12-9/h4-8H,1-3H2. The van der Waals surface area contributed by atoms with Crippen LogP contribution in [0.4, 0.5) is 0 Å². The van der Waals surface area contributed by atoms with Crippen LogP contribution >= 0.6 is 0 Å². The van der Waals surface area contributed by atoms with Gasteiger partial charge in [0.1, 0.15) is 0 Å². The second kappa shape index (κ2) is 2.55. The predicted molar refractivity (Wildman–Crippen MR) is 49.6 cm³/mol. The molecule has 0 spiro atoms. The summed E-state index contributed by atoms with van der Waals surface area (Å²) < 4.78 is 1.85. The molecule has 0 unspecified atom stereocenters. The van der Waals surface area contributed by atoms with Gasteiger partial charge < -0.3 is 0 Å². The van der Waals surface area contributed by atoms with E-state index in [2.05, 4.69) is 16.1 Å². The molecule has 66 valence electrons. The lowest BCUT2D eigenvalue weighted by atomic mass is 9.83. The summed E-state index contributed by atoms with van der Waals surface area (Å²) in [5.74, 6) is 0.701. The molecule has 0 saturated heterocycles. The van der Waals surface area contributed by atoms with Gasteiger partial charge in [-0.1, -0.05) is 6.42 Å². The molecule has 0 N–H and O–H groups in total. The van der Waals surface area contributed by atoms with Crippen molar-refractivity contribution in [1.29, 1.82) is 0 Å².